The predicted molar refractivity (Wildman–Crippen MR) is 56.9 cm³/mol. The van der Waals surface area contributed by atoms with Crippen LogP contribution in [-0.2, 0) is 4.79 Å². The number of thioether (sulfide) groups is 1. The van der Waals surface area contributed by atoms with Gasteiger partial charge in [-0.3, -0.25) is 0 Å². The fourth-order valence-electron chi connectivity index (χ4n) is 2.67. The smallest absolute Gasteiger partial charge is 0.126 e. The molecule has 2 unspecified atom stereocenters. The largest absolute Gasteiger partial charge is 0.303 e. The topological polar surface area (TPSA) is 17.1 Å². The summed E-state index contributed by atoms with van der Waals surface area (Å²) in [6.07, 6.45) is 8.80. The summed E-state index contributed by atoms with van der Waals surface area (Å²) in [6.45, 7) is 3.75. The first-order chi connectivity index (χ1) is 6.28. The zero-order chi connectivity index (χ0) is 9.31. The van der Waals surface area contributed by atoms with E-state index in [9.17, 15) is 4.79 Å². The Morgan fingerprint density at radius 2 is 2.00 bits per heavy atom. The summed E-state index contributed by atoms with van der Waals surface area (Å²) in [4.78, 5) is 11.1. The van der Waals surface area contributed by atoms with Crippen molar-refractivity contribution in [2.45, 2.75) is 42.6 Å². The molecular formula is C11H16OS. The molecule has 0 amide bonds. The van der Waals surface area contributed by atoms with Gasteiger partial charge in [0, 0.05) is 15.9 Å². The van der Waals surface area contributed by atoms with Crippen molar-refractivity contribution in [2.24, 2.45) is 5.41 Å². The Kier molecular flexibility index (Phi) is 2.50. The Balaban J connectivity index is 2.13. The molecule has 2 saturated heterocycles. The Bertz CT molecular complexity index is 212. The summed E-state index contributed by atoms with van der Waals surface area (Å²) in [5.41, 5.74) is -0.0428. The number of hydrogen-bond donors (Lipinski definition) is 0. The van der Waals surface area contributed by atoms with E-state index >= 15 is 0 Å². The van der Waals surface area contributed by atoms with E-state index in [1.807, 2.05) is 6.08 Å². The minimum absolute atomic E-state index is 0.0428. The van der Waals surface area contributed by atoms with Gasteiger partial charge in [0.1, 0.15) is 6.29 Å². The number of aldehydes is 1. The third-order valence-corrected chi connectivity index (χ3v) is 4.84. The van der Waals surface area contributed by atoms with E-state index in [1.165, 1.54) is 19.1 Å². The highest BCUT2D eigenvalue weighted by atomic mass is 32.2. The van der Waals surface area contributed by atoms with Crippen molar-refractivity contribution < 1.29 is 4.79 Å². The highest BCUT2D eigenvalue weighted by molar-refractivity contribution is 8.00. The minimum atomic E-state index is -0.0428. The summed E-state index contributed by atoms with van der Waals surface area (Å²) >= 11 is 2.10. The molecule has 0 radical (unpaired) electrons. The van der Waals surface area contributed by atoms with E-state index in [0.29, 0.717) is 0 Å². The molecule has 0 aromatic rings. The van der Waals surface area contributed by atoms with Crippen molar-refractivity contribution in [3.63, 3.8) is 0 Å². The standard InChI is InChI=1S/C11H16OS/c1-2-5-11(8-12)6-9-3-4-10(7-11)13-9/h2,8-10H,1,3-7H2. The van der Waals surface area contributed by atoms with Crippen molar-refractivity contribution in [3.8, 4) is 0 Å². The quantitative estimate of drug-likeness (QED) is 0.510. The monoisotopic (exact) mass is 196 g/mol. The summed E-state index contributed by atoms with van der Waals surface area (Å²) in [5.74, 6) is 0. The highest BCUT2D eigenvalue weighted by Gasteiger charge is 2.43. The van der Waals surface area contributed by atoms with Crippen LogP contribution in [0.15, 0.2) is 12.7 Å². The highest BCUT2D eigenvalue weighted by Crippen LogP contribution is 2.51. The second-order valence-electron chi connectivity index (χ2n) is 4.34. The lowest BCUT2D eigenvalue weighted by molar-refractivity contribution is -0.116. The molecule has 2 heteroatoms. The van der Waals surface area contributed by atoms with Crippen LogP contribution >= 0.6 is 11.8 Å². The maximum atomic E-state index is 11.1. The molecule has 0 aliphatic carbocycles. The van der Waals surface area contributed by atoms with Gasteiger partial charge in [-0.05, 0) is 32.1 Å². The van der Waals surface area contributed by atoms with Gasteiger partial charge in [-0.25, -0.2) is 0 Å². The molecule has 72 valence electrons. The van der Waals surface area contributed by atoms with E-state index in [-0.39, 0.29) is 5.41 Å². The maximum Gasteiger partial charge on any atom is 0.126 e. The summed E-state index contributed by atoms with van der Waals surface area (Å²) in [6, 6.07) is 0. The van der Waals surface area contributed by atoms with Crippen LogP contribution in [0.1, 0.15) is 32.1 Å². The maximum absolute atomic E-state index is 11.1. The van der Waals surface area contributed by atoms with Crippen LogP contribution in [0.25, 0.3) is 0 Å². The number of fused-ring (bicyclic) bond motifs is 2. The number of hydrogen-bond acceptors (Lipinski definition) is 2. The zero-order valence-corrected chi connectivity index (χ0v) is 8.69. The summed E-state index contributed by atoms with van der Waals surface area (Å²) in [7, 11) is 0. The molecule has 0 aromatic carbocycles. The van der Waals surface area contributed by atoms with Crippen LogP contribution < -0.4 is 0 Å². The van der Waals surface area contributed by atoms with Gasteiger partial charge < -0.3 is 4.79 Å². The lowest BCUT2D eigenvalue weighted by atomic mass is 9.78. The zero-order valence-electron chi connectivity index (χ0n) is 7.87. The summed E-state index contributed by atoms with van der Waals surface area (Å²) < 4.78 is 0. The second-order valence-corrected chi connectivity index (χ2v) is 5.94. The Morgan fingerprint density at radius 3 is 2.46 bits per heavy atom. The number of allylic oxidation sites excluding steroid dienone is 1. The molecule has 2 heterocycles. The first-order valence-electron chi connectivity index (χ1n) is 5.01. The third kappa shape index (κ3) is 1.69. The van der Waals surface area contributed by atoms with Gasteiger partial charge in [0.25, 0.3) is 0 Å². The molecule has 0 N–H and O–H groups in total. The lowest BCUT2D eigenvalue weighted by Gasteiger charge is -2.35. The van der Waals surface area contributed by atoms with Crippen LogP contribution in [0.5, 0.6) is 0 Å². The van der Waals surface area contributed by atoms with Crippen molar-refractivity contribution >= 4 is 18.0 Å². The van der Waals surface area contributed by atoms with Crippen molar-refractivity contribution in [2.75, 3.05) is 0 Å². The minimum Gasteiger partial charge on any atom is -0.303 e. The van der Waals surface area contributed by atoms with Crippen LogP contribution in [0.4, 0.5) is 0 Å². The van der Waals surface area contributed by atoms with Crippen LogP contribution in [0.2, 0.25) is 0 Å². The first-order valence-corrected chi connectivity index (χ1v) is 5.95. The molecule has 0 saturated carbocycles. The van der Waals surface area contributed by atoms with E-state index in [1.54, 1.807) is 0 Å². The second kappa shape index (κ2) is 3.49. The van der Waals surface area contributed by atoms with E-state index in [4.69, 9.17) is 0 Å². The van der Waals surface area contributed by atoms with Crippen LogP contribution in [0, 0.1) is 5.41 Å². The molecule has 0 spiro atoms. The van der Waals surface area contributed by atoms with Crippen molar-refractivity contribution in [3.05, 3.63) is 12.7 Å². The van der Waals surface area contributed by atoms with Gasteiger partial charge >= 0.3 is 0 Å². The molecule has 2 aliphatic rings. The predicted octanol–water partition coefficient (Wildman–Crippen LogP) is 2.81. The van der Waals surface area contributed by atoms with E-state index in [0.717, 1.165) is 29.8 Å². The molecule has 2 fully saturated rings. The Labute approximate surface area is 84.0 Å². The van der Waals surface area contributed by atoms with Crippen molar-refractivity contribution in [1.29, 1.82) is 0 Å². The van der Waals surface area contributed by atoms with Crippen LogP contribution in [-0.4, -0.2) is 16.8 Å². The molecule has 13 heavy (non-hydrogen) atoms. The fraction of sp³-hybridized carbons (Fsp3) is 0.727. The van der Waals surface area contributed by atoms with Crippen LogP contribution in [0.3, 0.4) is 0 Å². The SMILES string of the molecule is C=CCC1(C=O)CC2CCC(C1)S2. The number of carbonyl (C=O) groups excluding carboxylic acids is 1. The van der Waals surface area contributed by atoms with Gasteiger partial charge in [0.2, 0.25) is 0 Å². The number of carbonyl (C=O) groups is 1. The van der Waals surface area contributed by atoms with Crippen molar-refractivity contribution in [1.82, 2.24) is 0 Å². The van der Waals surface area contributed by atoms with Gasteiger partial charge in [0.05, 0.1) is 0 Å². The molecular weight excluding hydrogens is 180 g/mol. The van der Waals surface area contributed by atoms with Gasteiger partial charge in [0.15, 0.2) is 0 Å². The molecule has 2 rings (SSSR count). The Hall–Kier alpha value is -0.240. The summed E-state index contributed by atoms with van der Waals surface area (Å²) in [5, 5.41) is 1.51. The molecule has 2 atom stereocenters. The Morgan fingerprint density at radius 1 is 1.38 bits per heavy atom. The average molecular weight is 196 g/mol. The third-order valence-electron chi connectivity index (χ3n) is 3.26. The van der Waals surface area contributed by atoms with Gasteiger partial charge in [-0.2, -0.15) is 11.8 Å². The first kappa shape index (κ1) is 9.32. The van der Waals surface area contributed by atoms with Gasteiger partial charge in [-0.1, -0.05) is 6.08 Å². The van der Waals surface area contributed by atoms with Gasteiger partial charge in [-0.15, -0.1) is 6.58 Å². The lowest BCUT2D eigenvalue weighted by Crippen LogP contribution is -2.31. The normalized spacial score (nSPS) is 43.1. The number of rotatable bonds is 3. The average Bonchev–Trinajstić information content (AvgIpc) is 2.47. The molecule has 1 nitrogen and oxygen atoms in total. The van der Waals surface area contributed by atoms with E-state index < -0.39 is 0 Å². The molecule has 2 bridgehead atoms. The van der Waals surface area contributed by atoms with E-state index in [2.05, 4.69) is 18.3 Å². The molecule has 0 aromatic heterocycles. The molecule has 2 aliphatic heterocycles. The fourth-order valence-corrected chi connectivity index (χ4v) is 4.61.